The Balaban J connectivity index is 2.76. The molecule has 0 spiro atoms. The zero-order valence-electron chi connectivity index (χ0n) is 11.3. The molecule has 0 aliphatic carbocycles. The third-order valence-corrected chi connectivity index (χ3v) is 4.03. The number of alkyl halides is 3. The number of nitrogens with one attached hydrogen (secondary N) is 2. The van der Waals surface area contributed by atoms with Gasteiger partial charge in [-0.1, -0.05) is 12.1 Å². The van der Waals surface area contributed by atoms with E-state index in [0.717, 1.165) is 18.2 Å². The summed E-state index contributed by atoms with van der Waals surface area (Å²) < 4.78 is 64.2. The lowest BCUT2D eigenvalue weighted by atomic mass is 10.2. The van der Waals surface area contributed by atoms with Crippen molar-refractivity contribution in [2.75, 3.05) is 19.6 Å². The van der Waals surface area contributed by atoms with Crippen LogP contribution in [-0.4, -0.2) is 39.3 Å². The van der Waals surface area contributed by atoms with Crippen molar-refractivity contribution in [2.24, 2.45) is 0 Å². The molecule has 0 amide bonds. The third-order valence-electron chi connectivity index (χ3n) is 2.52. The molecular weight excluding hydrogens is 309 g/mol. The van der Waals surface area contributed by atoms with Crippen LogP contribution in [0.2, 0.25) is 0 Å². The second kappa shape index (κ2) is 7.21. The molecule has 0 saturated carbocycles. The summed E-state index contributed by atoms with van der Waals surface area (Å²) in [5, 5.41) is 11.7. The average Bonchev–Trinajstić information content (AvgIpc) is 2.37. The number of hydrogen-bond acceptors (Lipinski definition) is 4. The van der Waals surface area contributed by atoms with E-state index in [0.29, 0.717) is 0 Å². The summed E-state index contributed by atoms with van der Waals surface area (Å²) in [6, 6.07) is 4.00. The van der Waals surface area contributed by atoms with E-state index in [-0.39, 0.29) is 19.6 Å². The summed E-state index contributed by atoms with van der Waals surface area (Å²) in [5.41, 5.74) is -1.20. The molecule has 0 saturated heterocycles. The lowest BCUT2D eigenvalue weighted by Gasteiger charge is -2.14. The van der Waals surface area contributed by atoms with Crippen LogP contribution in [0.4, 0.5) is 13.2 Å². The largest absolute Gasteiger partial charge is 0.417 e. The summed E-state index contributed by atoms with van der Waals surface area (Å²) in [5.74, 6) is 0. The highest BCUT2D eigenvalue weighted by atomic mass is 32.2. The number of benzene rings is 1. The Bertz CT molecular complexity index is 559. The highest BCUT2D eigenvalue weighted by molar-refractivity contribution is 7.89. The summed E-state index contributed by atoms with van der Waals surface area (Å²) in [6.45, 7) is 1.93. The van der Waals surface area contributed by atoms with Crippen molar-refractivity contribution in [3.8, 4) is 0 Å². The molecule has 0 aliphatic rings. The monoisotopic (exact) mass is 326 g/mol. The maximum Gasteiger partial charge on any atom is 0.417 e. The molecule has 120 valence electrons. The molecule has 1 rings (SSSR count). The van der Waals surface area contributed by atoms with Crippen LogP contribution in [0.3, 0.4) is 0 Å². The Morgan fingerprint density at radius 1 is 1.24 bits per heavy atom. The molecule has 9 heteroatoms. The van der Waals surface area contributed by atoms with Crippen LogP contribution in [-0.2, 0) is 16.2 Å². The summed E-state index contributed by atoms with van der Waals surface area (Å²) >= 11 is 0. The van der Waals surface area contributed by atoms with Gasteiger partial charge < -0.3 is 10.4 Å². The fourth-order valence-electron chi connectivity index (χ4n) is 1.60. The second-order valence-electron chi connectivity index (χ2n) is 4.44. The van der Waals surface area contributed by atoms with E-state index in [1.165, 1.54) is 6.07 Å². The molecule has 0 radical (unpaired) electrons. The van der Waals surface area contributed by atoms with Crippen molar-refractivity contribution in [3.63, 3.8) is 0 Å². The Morgan fingerprint density at radius 2 is 1.86 bits per heavy atom. The number of rotatable bonds is 7. The first-order valence-electron chi connectivity index (χ1n) is 6.19. The SMILES string of the molecule is CC(O)CNCCNS(=O)(=O)c1ccccc1C(F)(F)F. The first kappa shape index (κ1) is 17.9. The van der Waals surface area contributed by atoms with Crippen molar-refractivity contribution in [3.05, 3.63) is 29.8 Å². The van der Waals surface area contributed by atoms with E-state index >= 15 is 0 Å². The number of sulfonamides is 1. The van der Waals surface area contributed by atoms with Gasteiger partial charge in [-0.3, -0.25) is 0 Å². The second-order valence-corrected chi connectivity index (χ2v) is 6.18. The summed E-state index contributed by atoms with van der Waals surface area (Å²) in [6.07, 6.45) is -5.33. The van der Waals surface area contributed by atoms with Crippen LogP contribution >= 0.6 is 0 Å². The van der Waals surface area contributed by atoms with Gasteiger partial charge in [0.05, 0.1) is 16.6 Å². The molecule has 21 heavy (non-hydrogen) atoms. The predicted molar refractivity (Wildman–Crippen MR) is 71.2 cm³/mol. The van der Waals surface area contributed by atoms with Gasteiger partial charge in [0.2, 0.25) is 10.0 Å². The highest BCUT2D eigenvalue weighted by Crippen LogP contribution is 2.33. The van der Waals surface area contributed by atoms with Gasteiger partial charge in [0, 0.05) is 19.6 Å². The maximum absolute atomic E-state index is 12.8. The quantitative estimate of drug-likeness (QED) is 0.652. The molecule has 1 aromatic rings. The van der Waals surface area contributed by atoms with Gasteiger partial charge in [-0.2, -0.15) is 13.2 Å². The van der Waals surface area contributed by atoms with Crippen LogP contribution < -0.4 is 10.0 Å². The fraction of sp³-hybridized carbons (Fsp3) is 0.500. The van der Waals surface area contributed by atoms with E-state index in [1.807, 2.05) is 0 Å². The Kier molecular flexibility index (Phi) is 6.14. The molecule has 5 nitrogen and oxygen atoms in total. The van der Waals surface area contributed by atoms with Gasteiger partial charge in [0.1, 0.15) is 0 Å². The van der Waals surface area contributed by atoms with Crippen LogP contribution in [0.25, 0.3) is 0 Å². The van der Waals surface area contributed by atoms with Crippen LogP contribution in [0.1, 0.15) is 12.5 Å². The summed E-state index contributed by atoms with van der Waals surface area (Å²) in [4.78, 5) is -0.798. The molecule has 1 atom stereocenters. The lowest BCUT2D eigenvalue weighted by molar-refractivity contribution is -0.139. The van der Waals surface area contributed by atoms with Crippen LogP contribution in [0.15, 0.2) is 29.2 Å². The van der Waals surface area contributed by atoms with Crippen molar-refractivity contribution in [1.82, 2.24) is 10.0 Å². The predicted octanol–water partition coefficient (Wildman–Crippen LogP) is 0.954. The van der Waals surface area contributed by atoms with E-state index < -0.39 is 32.8 Å². The molecule has 0 fully saturated rings. The van der Waals surface area contributed by atoms with Crippen LogP contribution in [0, 0.1) is 0 Å². The van der Waals surface area contributed by atoms with E-state index in [2.05, 4.69) is 10.0 Å². The Labute approximate surface area is 121 Å². The number of hydrogen-bond donors (Lipinski definition) is 3. The minimum absolute atomic E-state index is 0.0821. The van der Waals surface area contributed by atoms with Gasteiger partial charge in [0.15, 0.2) is 0 Å². The van der Waals surface area contributed by atoms with Gasteiger partial charge in [-0.25, -0.2) is 13.1 Å². The van der Waals surface area contributed by atoms with Crippen molar-refractivity contribution in [2.45, 2.75) is 24.1 Å². The molecule has 0 heterocycles. The minimum atomic E-state index is -4.74. The molecule has 0 bridgehead atoms. The Morgan fingerprint density at radius 3 is 2.43 bits per heavy atom. The van der Waals surface area contributed by atoms with Gasteiger partial charge in [-0.15, -0.1) is 0 Å². The van der Waals surface area contributed by atoms with E-state index in [1.54, 1.807) is 6.92 Å². The summed E-state index contributed by atoms with van der Waals surface area (Å²) in [7, 11) is -4.25. The topological polar surface area (TPSA) is 78.4 Å². The standard InChI is InChI=1S/C12H17F3N2O3S/c1-9(18)8-16-6-7-17-21(19,20)11-5-3-2-4-10(11)12(13,14)15/h2-5,9,16-18H,6-8H2,1H3. The average molecular weight is 326 g/mol. The zero-order chi connectivity index (χ0) is 16.1. The van der Waals surface area contributed by atoms with Gasteiger partial charge in [0.25, 0.3) is 0 Å². The number of aliphatic hydroxyl groups excluding tert-OH is 1. The highest BCUT2D eigenvalue weighted by Gasteiger charge is 2.36. The zero-order valence-corrected chi connectivity index (χ0v) is 12.1. The van der Waals surface area contributed by atoms with Crippen molar-refractivity contribution in [1.29, 1.82) is 0 Å². The molecule has 1 aromatic carbocycles. The van der Waals surface area contributed by atoms with Crippen molar-refractivity contribution < 1.29 is 26.7 Å². The lowest BCUT2D eigenvalue weighted by Crippen LogP contribution is -2.35. The van der Waals surface area contributed by atoms with E-state index in [9.17, 15) is 21.6 Å². The first-order chi connectivity index (χ1) is 9.64. The number of aliphatic hydroxyl groups is 1. The molecule has 1 unspecified atom stereocenters. The van der Waals surface area contributed by atoms with Crippen LogP contribution in [0.5, 0.6) is 0 Å². The molecule has 0 aromatic heterocycles. The third kappa shape index (κ3) is 5.62. The fourth-order valence-corrected chi connectivity index (χ4v) is 2.85. The first-order valence-corrected chi connectivity index (χ1v) is 7.67. The molecular formula is C12H17F3N2O3S. The maximum atomic E-state index is 12.8. The normalized spacial score (nSPS) is 14.1. The van der Waals surface area contributed by atoms with E-state index in [4.69, 9.17) is 5.11 Å². The molecule has 0 aliphatic heterocycles. The van der Waals surface area contributed by atoms with Gasteiger partial charge >= 0.3 is 6.18 Å². The molecule has 3 N–H and O–H groups in total. The minimum Gasteiger partial charge on any atom is -0.392 e. The Hall–Kier alpha value is -1.16. The van der Waals surface area contributed by atoms with Gasteiger partial charge in [-0.05, 0) is 19.1 Å². The smallest absolute Gasteiger partial charge is 0.392 e. The number of halogens is 3. The van der Waals surface area contributed by atoms with Crippen molar-refractivity contribution >= 4 is 10.0 Å².